The van der Waals surface area contributed by atoms with Crippen molar-refractivity contribution in [2.24, 2.45) is 0 Å². The fourth-order valence-electron chi connectivity index (χ4n) is 4.20. The molecule has 3 rings (SSSR count). The van der Waals surface area contributed by atoms with Crippen molar-refractivity contribution in [3.8, 4) is 0 Å². The lowest BCUT2D eigenvalue weighted by molar-refractivity contribution is 0.580. The van der Waals surface area contributed by atoms with Crippen LogP contribution in [0.3, 0.4) is 0 Å². The molecule has 31 heavy (non-hydrogen) atoms. The number of hydrogen-bond acceptors (Lipinski definition) is 2. The second-order valence-corrected chi connectivity index (χ2v) is 9.45. The quantitative estimate of drug-likeness (QED) is 0.208. The summed E-state index contributed by atoms with van der Waals surface area (Å²) < 4.78 is -0.203. The van der Waals surface area contributed by atoms with Crippen LogP contribution in [-0.2, 0) is 4.75 Å². The van der Waals surface area contributed by atoms with Crippen LogP contribution in [0.15, 0.2) is 91.0 Å². The smallest absolute Gasteiger partial charge is 0.0907 e. The Balaban J connectivity index is 1.70. The van der Waals surface area contributed by atoms with Crippen LogP contribution in [-0.4, -0.2) is 18.8 Å². The van der Waals surface area contributed by atoms with Crippen LogP contribution in [0.25, 0.3) is 0 Å². The third-order valence-electron chi connectivity index (χ3n) is 5.85. The van der Waals surface area contributed by atoms with Gasteiger partial charge in [0.05, 0.1) is 4.75 Å². The minimum Gasteiger partial charge on any atom is -0.316 e. The summed E-state index contributed by atoms with van der Waals surface area (Å²) in [6.45, 7) is 4.44. The Hall–Kier alpha value is -2.03. The Morgan fingerprint density at radius 3 is 1.52 bits per heavy atom. The van der Waals surface area contributed by atoms with E-state index in [2.05, 4.69) is 103 Å². The molecular formula is C29H37NS. The van der Waals surface area contributed by atoms with Gasteiger partial charge in [-0.05, 0) is 29.7 Å². The lowest BCUT2D eigenvalue weighted by atomic mass is 9.84. The first kappa shape index (κ1) is 23.6. The lowest BCUT2D eigenvalue weighted by Gasteiger charge is -2.35. The highest BCUT2D eigenvalue weighted by atomic mass is 32.2. The van der Waals surface area contributed by atoms with Crippen LogP contribution in [0.2, 0.25) is 0 Å². The van der Waals surface area contributed by atoms with E-state index in [1.807, 2.05) is 11.8 Å². The molecule has 0 aliphatic carbocycles. The zero-order valence-corrected chi connectivity index (χ0v) is 19.7. The molecule has 164 valence electrons. The van der Waals surface area contributed by atoms with Gasteiger partial charge in [0.1, 0.15) is 0 Å². The van der Waals surface area contributed by atoms with Crippen LogP contribution in [0.1, 0.15) is 62.1 Å². The SMILES string of the molecule is CCCCCCCCNCCSC(c1ccccc1)(c1ccccc1)c1ccccc1. The van der Waals surface area contributed by atoms with Crippen LogP contribution < -0.4 is 5.32 Å². The van der Waals surface area contributed by atoms with E-state index in [1.165, 1.54) is 55.2 Å². The Morgan fingerprint density at radius 1 is 0.581 bits per heavy atom. The molecule has 3 aromatic carbocycles. The molecule has 0 fully saturated rings. The fourth-order valence-corrected chi connectivity index (χ4v) is 5.66. The molecule has 3 aromatic rings. The van der Waals surface area contributed by atoms with Gasteiger partial charge in [0.2, 0.25) is 0 Å². The number of nitrogens with one attached hydrogen (secondary N) is 1. The molecule has 0 saturated heterocycles. The average molecular weight is 432 g/mol. The van der Waals surface area contributed by atoms with Crippen LogP contribution >= 0.6 is 11.8 Å². The zero-order chi connectivity index (χ0) is 21.6. The number of thioether (sulfide) groups is 1. The van der Waals surface area contributed by atoms with E-state index in [-0.39, 0.29) is 4.75 Å². The summed E-state index contributed by atoms with van der Waals surface area (Å²) >= 11 is 2.04. The van der Waals surface area contributed by atoms with Gasteiger partial charge < -0.3 is 5.32 Å². The predicted octanol–water partition coefficient (Wildman–Crippen LogP) is 7.66. The van der Waals surface area contributed by atoms with Crippen molar-refractivity contribution in [3.05, 3.63) is 108 Å². The number of hydrogen-bond donors (Lipinski definition) is 1. The molecule has 0 atom stereocenters. The molecule has 0 amide bonds. The normalized spacial score (nSPS) is 11.5. The summed E-state index contributed by atoms with van der Waals surface area (Å²) in [5, 5.41) is 3.68. The molecule has 0 aromatic heterocycles. The summed E-state index contributed by atoms with van der Waals surface area (Å²) in [5.74, 6) is 1.06. The highest BCUT2D eigenvalue weighted by Gasteiger charge is 2.36. The van der Waals surface area contributed by atoms with Gasteiger partial charge in [-0.3, -0.25) is 0 Å². The van der Waals surface area contributed by atoms with Gasteiger partial charge in [0.25, 0.3) is 0 Å². The van der Waals surface area contributed by atoms with Crippen molar-refractivity contribution in [3.63, 3.8) is 0 Å². The minimum absolute atomic E-state index is 0.203. The number of benzene rings is 3. The van der Waals surface area contributed by atoms with E-state index < -0.39 is 0 Å². The van der Waals surface area contributed by atoms with E-state index in [0.717, 1.165) is 18.8 Å². The third kappa shape index (κ3) is 6.72. The largest absolute Gasteiger partial charge is 0.316 e. The van der Waals surface area contributed by atoms with Crippen LogP contribution in [0, 0.1) is 0 Å². The van der Waals surface area contributed by atoms with Gasteiger partial charge in [-0.15, -0.1) is 11.8 Å². The van der Waals surface area contributed by atoms with Crippen molar-refractivity contribution in [2.75, 3.05) is 18.8 Å². The van der Waals surface area contributed by atoms with Gasteiger partial charge in [-0.2, -0.15) is 0 Å². The first-order valence-electron chi connectivity index (χ1n) is 11.9. The van der Waals surface area contributed by atoms with Crippen LogP contribution in [0.5, 0.6) is 0 Å². The first-order valence-corrected chi connectivity index (χ1v) is 12.9. The Kier molecular flexibility index (Phi) is 10.2. The highest BCUT2D eigenvalue weighted by Crippen LogP contribution is 2.48. The summed E-state index contributed by atoms with van der Waals surface area (Å²) in [5.41, 5.74) is 4.02. The molecule has 0 aliphatic heterocycles. The molecule has 2 heteroatoms. The fraction of sp³-hybridized carbons (Fsp3) is 0.379. The average Bonchev–Trinajstić information content (AvgIpc) is 2.84. The highest BCUT2D eigenvalue weighted by molar-refractivity contribution is 8.00. The lowest BCUT2D eigenvalue weighted by Crippen LogP contribution is -2.28. The molecule has 0 radical (unpaired) electrons. The van der Waals surface area contributed by atoms with Gasteiger partial charge in [0.15, 0.2) is 0 Å². The van der Waals surface area contributed by atoms with Gasteiger partial charge >= 0.3 is 0 Å². The molecule has 0 spiro atoms. The van der Waals surface area contributed by atoms with Crippen molar-refractivity contribution in [1.82, 2.24) is 5.32 Å². The van der Waals surface area contributed by atoms with Gasteiger partial charge in [-0.25, -0.2) is 0 Å². The second-order valence-electron chi connectivity index (χ2n) is 8.15. The van der Waals surface area contributed by atoms with E-state index in [9.17, 15) is 0 Å². The van der Waals surface area contributed by atoms with Gasteiger partial charge in [-0.1, -0.05) is 130 Å². The van der Waals surface area contributed by atoms with E-state index in [0.29, 0.717) is 0 Å². The number of unbranched alkanes of at least 4 members (excludes halogenated alkanes) is 5. The summed E-state index contributed by atoms with van der Waals surface area (Å²) in [4.78, 5) is 0. The molecule has 0 bridgehead atoms. The molecule has 0 unspecified atom stereocenters. The molecule has 0 heterocycles. The molecule has 1 N–H and O–H groups in total. The third-order valence-corrected chi connectivity index (χ3v) is 7.39. The maximum absolute atomic E-state index is 3.68. The zero-order valence-electron chi connectivity index (χ0n) is 18.9. The van der Waals surface area contributed by atoms with Crippen LogP contribution in [0.4, 0.5) is 0 Å². The molecule has 0 aliphatic rings. The van der Waals surface area contributed by atoms with Gasteiger partial charge in [0, 0.05) is 12.3 Å². The van der Waals surface area contributed by atoms with Crippen molar-refractivity contribution >= 4 is 11.8 Å². The van der Waals surface area contributed by atoms with E-state index >= 15 is 0 Å². The first-order chi connectivity index (χ1) is 15.4. The van der Waals surface area contributed by atoms with Crippen molar-refractivity contribution < 1.29 is 0 Å². The topological polar surface area (TPSA) is 12.0 Å². The van der Waals surface area contributed by atoms with E-state index in [1.54, 1.807) is 0 Å². The van der Waals surface area contributed by atoms with Crippen molar-refractivity contribution in [2.45, 2.75) is 50.2 Å². The molecule has 1 nitrogen and oxygen atoms in total. The Labute approximate surface area is 193 Å². The Morgan fingerprint density at radius 2 is 1.03 bits per heavy atom. The molecular weight excluding hydrogens is 394 g/mol. The maximum atomic E-state index is 3.68. The Bertz CT molecular complexity index is 736. The molecule has 0 saturated carbocycles. The summed E-state index contributed by atoms with van der Waals surface area (Å²) in [7, 11) is 0. The number of rotatable bonds is 14. The van der Waals surface area contributed by atoms with E-state index in [4.69, 9.17) is 0 Å². The maximum Gasteiger partial charge on any atom is 0.0907 e. The second kappa shape index (κ2) is 13.4. The monoisotopic (exact) mass is 431 g/mol. The minimum atomic E-state index is -0.203. The standard InChI is InChI=1S/C29H37NS/c1-2-3-4-5-6-16-23-30-24-25-31-29(26-17-10-7-11-18-26,27-19-12-8-13-20-27)28-21-14-9-15-22-28/h7-15,17-22,30H,2-6,16,23-25H2,1H3. The van der Waals surface area contributed by atoms with Crippen molar-refractivity contribution in [1.29, 1.82) is 0 Å². The summed E-state index contributed by atoms with van der Waals surface area (Å²) in [6.07, 6.45) is 8.10. The summed E-state index contributed by atoms with van der Waals surface area (Å²) in [6, 6.07) is 32.9. The predicted molar refractivity (Wildman–Crippen MR) is 138 cm³/mol.